The normalized spacial score (nSPS) is 22.7. The van der Waals surface area contributed by atoms with Crippen LogP contribution in [0.1, 0.15) is 32.8 Å². The maximum Gasteiger partial charge on any atom is 0.410 e. The van der Waals surface area contributed by atoms with Gasteiger partial charge in [0, 0.05) is 31.1 Å². The number of ether oxygens (including phenoxy) is 1. The van der Waals surface area contributed by atoms with Crippen molar-refractivity contribution in [1.29, 1.82) is 5.26 Å². The number of amides is 1. The summed E-state index contributed by atoms with van der Waals surface area (Å²) in [6.07, 6.45) is 2.92. The van der Waals surface area contributed by atoms with E-state index in [1.807, 2.05) is 37.9 Å². The zero-order valence-electron chi connectivity index (χ0n) is 14.8. The lowest BCUT2D eigenvalue weighted by molar-refractivity contribution is 0.0229. The number of fused-ring (bicyclic) bond motifs is 1. The van der Waals surface area contributed by atoms with Crippen molar-refractivity contribution in [3.63, 3.8) is 0 Å². The van der Waals surface area contributed by atoms with E-state index in [0.717, 1.165) is 37.3 Å². The fraction of sp³-hybridized carbons (Fsp3) is 0.611. The van der Waals surface area contributed by atoms with Crippen molar-refractivity contribution in [2.24, 2.45) is 5.92 Å². The Bertz CT molecular complexity index is 710. The van der Waals surface area contributed by atoms with E-state index in [-0.39, 0.29) is 12.1 Å². The highest BCUT2D eigenvalue weighted by Crippen LogP contribution is 2.35. The van der Waals surface area contributed by atoms with Crippen molar-refractivity contribution in [2.45, 2.75) is 45.3 Å². The molecule has 0 bridgehead atoms. The van der Waals surface area contributed by atoms with Gasteiger partial charge in [-0.2, -0.15) is 5.26 Å². The Kier molecular flexibility index (Phi) is 4.92. The lowest BCUT2D eigenvalue weighted by atomic mass is 10.1. The molecule has 0 saturated carbocycles. The van der Waals surface area contributed by atoms with Gasteiger partial charge in [0.05, 0.1) is 30.4 Å². The molecular formula is C18H23BrN4O2. The predicted octanol–water partition coefficient (Wildman–Crippen LogP) is 3.36. The highest BCUT2D eigenvalue weighted by atomic mass is 79.9. The number of likely N-dealkylation sites (tertiary alicyclic amines) is 1. The van der Waals surface area contributed by atoms with Crippen molar-refractivity contribution >= 4 is 27.7 Å². The molecule has 0 radical (unpaired) electrons. The molecule has 2 aliphatic rings. The molecule has 7 heteroatoms. The largest absolute Gasteiger partial charge is 0.444 e. The Labute approximate surface area is 156 Å². The third kappa shape index (κ3) is 3.90. The lowest BCUT2D eigenvalue weighted by Crippen LogP contribution is -2.42. The smallest absolute Gasteiger partial charge is 0.410 e. The van der Waals surface area contributed by atoms with Crippen LogP contribution in [0.5, 0.6) is 0 Å². The number of carbonyl (C=O) groups is 1. The maximum absolute atomic E-state index is 12.5. The summed E-state index contributed by atoms with van der Waals surface area (Å²) in [6.45, 7) is 8.12. The monoisotopic (exact) mass is 406 g/mol. The summed E-state index contributed by atoms with van der Waals surface area (Å²) >= 11 is 3.39. The van der Waals surface area contributed by atoms with E-state index in [0.29, 0.717) is 16.9 Å². The Morgan fingerprint density at radius 3 is 2.92 bits per heavy atom. The first-order chi connectivity index (χ1) is 11.8. The van der Waals surface area contributed by atoms with Crippen molar-refractivity contribution in [1.82, 2.24) is 9.88 Å². The first kappa shape index (κ1) is 18.0. The Morgan fingerprint density at radius 1 is 1.48 bits per heavy atom. The van der Waals surface area contributed by atoms with Crippen molar-refractivity contribution in [3.8, 4) is 6.07 Å². The van der Waals surface area contributed by atoms with Gasteiger partial charge in [0.2, 0.25) is 0 Å². The summed E-state index contributed by atoms with van der Waals surface area (Å²) in [4.78, 5) is 20.9. The zero-order chi connectivity index (χ0) is 18.2. The number of carbonyl (C=O) groups excluding carboxylic acids is 1. The molecule has 1 amide bonds. The zero-order valence-corrected chi connectivity index (χ0v) is 16.4. The van der Waals surface area contributed by atoms with Crippen LogP contribution in [-0.2, 0) is 11.2 Å². The van der Waals surface area contributed by atoms with E-state index in [1.165, 1.54) is 0 Å². The third-order valence-electron chi connectivity index (χ3n) is 4.71. The molecule has 1 aromatic heterocycles. The van der Waals surface area contributed by atoms with Crippen LogP contribution in [-0.4, -0.2) is 47.3 Å². The van der Waals surface area contributed by atoms with E-state index in [9.17, 15) is 4.79 Å². The van der Waals surface area contributed by atoms with Crippen LogP contribution < -0.4 is 4.90 Å². The van der Waals surface area contributed by atoms with Gasteiger partial charge in [-0.3, -0.25) is 0 Å². The van der Waals surface area contributed by atoms with Gasteiger partial charge in [-0.05, 0) is 49.2 Å². The van der Waals surface area contributed by atoms with Gasteiger partial charge < -0.3 is 14.5 Å². The standard InChI is InChI=1S/C18H23BrN4O2/c1-18(2,3)25-17(24)23-7-5-13-10-22(11-15(13)23)14-8-12(4-6-20)16(19)21-9-14/h8-9,13,15H,4-5,7,10-11H2,1-3H3/t13-,15+/m1/s1. The minimum Gasteiger partial charge on any atom is -0.444 e. The molecule has 0 aliphatic carbocycles. The minimum atomic E-state index is -0.477. The second kappa shape index (κ2) is 6.83. The number of aromatic nitrogens is 1. The van der Waals surface area contributed by atoms with Crippen LogP contribution >= 0.6 is 15.9 Å². The topological polar surface area (TPSA) is 69.5 Å². The van der Waals surface area contributed by atoms with Crippen molar-refractivity contribution < 1.29 is 9.53 Å². The average molecular weight is 407 g/mol. The number of nitriles is 1. The molecule has 134 valence electrons. The average Bonchev–Trinajstić information content (AvgIpc) is 3.08. The molecule has 2 aliphatic heterocycles. The molecule has 3 rings (SSSR count). The summed E-state index contributed by atoms with van der Waals surface area (Å²) in [5.74, 6) is 0.454. The highest BCUT2D eigenvalue weighted by Gasteiger charge is 2.44. The molecular weight excluding hydrogens is 384 g/mol. The summed E-state index contributed by atoms with van der Waals surface area (Å²) in [6, 6.07) is 4.36. The molecule has 2 fully saturated rings. The van der Waals surface area contributed by atoms with Crippen LogP contribution in [0.25, 0.3) is 0 Å². The molecule has 2 saturated heterocycles. The van der Waals surface area contributed by atoms with E-state index in [1.54, 1.807) is 0 Å². The van der Waals surface area contributed by atoms with Crippen LogP contribution in [0.15, 0.2) is 16.9 Å². The Balaban J connectivity index is 1.72. The minimum absolute atomic E-state index is 0.179. The number of halogens is 1. The molecule has 0 spiro atoms. The fourth-order valence-corrected chi connectivity index (χ4v) is 3.94. The predicted molar refractivity (Wildman–Crippen MR) is 98.3 cm³/mol. The van der Waals surface area contributed by atoms with E-state index < -0.39 is 5.60 Å². The second-order valence-electron chi connectivity index (χ2n) is 7.67. The van der Waals surface area contributed by atoms with Gasteiger partial charge in [-0.1, -0.05) is 0 Å². The lowest BCUT2D eigenvalue weighted by Gasteiger charge is -2.29. The summed E-state index contributed by atoms with van der Waals surface area (Å²) in [7, 11) is 0. The second-order valence-corrected chi connectivity index (χ2v) is 8.42. The number of hydrogen-bond acceptors (Lipinski definition) is 5. The summed E-state index contributed by atoms with van der Waals surface area (Å²) < 4.78 is 6.27. The maximum atomic E-state index is 12.5. The molecule has 2 atom stereocenters. The van der Waals surface area contributed by atoms with E-state index in [4.69, 9.17) is 10.00 Å². The third-order valence-corrected chi connectivity index (χ3v) is 5.42. The number of pyridine rings is 1. The molecule has 6 nitrogen and oxygen atoms in total. The van der Waals surface area contributed by atoms with Crippen LogP contribution in [0.3, 0.4) is 0 Å². The first-order valence-electron chi connectivity index (χ1n) is 8.54. The quantitative estimate of drug-likeness (QED) is 0.704. The fourth-order valence-electron chi connectivity index (χ4n) is 3.58. The van der Waals surface area contributed by atoms with Crippen LogP contribution in [0.4, 0.5) is 10.5 Å². The van der Waals surface area contributed by atoms with Gasteiger partial charge in [0.15, 0.2) is 0 Å². The van der Waals surface area contributed by atoms with Gasteiger partial charge in [0.25, 0.3) is 0 Å². The van der Waals surface area contributed by atoms with Crippen LogP contribution in [0.2, 0.25) is 0 Å². The SMILES string of the molecule is CC(C)(C)OC(=O)N1CC[C@@H]2CN(c3cnc(Br)c(CC#N)c3)C[C@@H]21. The highest BCUT2D eigenvalue weighted by molar-refractivity contribution is 9.10. The van der Waals surface area contributed by atoms with Crippen molar-refractivity contribution in [2.75, 3.05) is 24.5 Å². The molecule has 1 aromatic rings. The molecule has 0 N–H and O–H groups in total. The Morgan fingerprint density at radius 2 is 2.24 bits per heavy atom. The summed E-state index contributed by atoms with van der Waals surface area (Å²) in [5.41, 5.74) is 1.42. The van der Waals surface area contributed by atoms with E-state index in [2.05, 4.69) is 31.9 Å². The van der Waals surface area contributed by atoms with Gasteiger partial charge in [-0.15, -0.1) is 0 Å². The van der Waals surface area contributed by atoms with Gasteiger partial charge >= 0.3 is 6.09 Å². The van der Waals surface area contributed by atoms with E-state index >= 15 is 0 Å². The van der Waals surface area contributed by atoms with Crippen LogP contribution in [0, 0.1) is 17.2 Å². The molecule has 0 aromatic carbocycles. The first-order valence-corrected chi connectivity index (χ1v) is 9.34. The number of anilines is 1. The number of nitrogens with zero attached hydrogens (tertiary/aromatic N) is 4. The van der Waals surface area contributed by atoms with Crippen molar-refractivity contribution in [3.05, 3.63) is 22.4 Å². The molecule has 0 unspecified atom stereocenters. The molecule has 25 heavy (non-hydrogen) atoms. The number of rotatable bonds is 2. The summed E-state index contributed by atoms with van der Waals surface area (Å²) in [5, 5.41) is 8.95. The Hall–Kier alpha value is -1.81. The number of hydrogen-bond donors (Lipinski definition) is 0. The van der Waals surface area contributed by atoms with Gasteiger partial charge in [-0.25, -0.2) is 9.78 Å². The van der Waals surface area contributed by atoms with Gasteiger partial charge in [0.1, 0.15) is 10.2 Å². The molecule has 3 heterocycles.